The number of nitrogens with zero attached hydrogens (tertiary/aromatic N) is 3. The van der Waals surface area contributed by atoms with Crippen LogP contribution in [0.2, 0.25) is 0 Å². The monoisotopic (exact) mass is 468 g/mol. The predicted octanol–water partition coefficient (Wildman–Crippen LogP) is 4.32. The van der Waals surface area contributed by atoms with Crippen LogP contribution in [0, 0.1) is 6.92 Å². The Morgan fingerprint density at radius 3 is 2.70 bits per heavy atom. The van der Waals surface area contributed by atoms with E-state index in [1.807, 2.05) is 6.92 Å². The van der Waals surface area contributed by atoms with Crippen LogP contribution in [0.5, 0.6) is 11.5 Å². The average Bonchev–Trinajstić information content (AvgIpc) is 3.37. The van der Waals surface area contributed by atoms with Crippen LogP contribution in [-0.4, -0.2) is 33.9 Å². The zero-order valence-corrected chi connectivity index (χ0v) is 17.8. The van der Waals surface area contributed by atoms with E-state index in [9.17, 15) is 4.79 Å². The number of aryl methyl sites for hydroxylation is 2. The van der Waals surface area contributed by atoms with Crippen molar-refractivity contribution in [3.8, 4) is 23.0 Å². The van der Waals surface area contributed by atoms with Crippen molar-refractivity contribution in [1.29, 1.82) is 0 Å². The summed E-state index contributed by atoms with van der Waals surface area (Å²) < 4.78 is 19.1. The summed E-state index contributed by atoms with van der Waals surface area (Å²) in [6.45, 7) is 2.82. The van der Waals surface area contributed by atoms with E-state index in [0.29, 0.717) is 62.9 Å². The molecular formula is C21H17BrN4O4. The van der Waals surface area contributed by atoms with Crippen molar-refractivity contribution < 1.29 is 18.7 Å². The van der Waals surface area contributed by atoms with Gasteiger partial charge < -0.3 is 19.2 Å². The summed E-state index contributed by atoms with van der Waals surface area (Å²) in [6, 6.07) is 8.84. The minimum atomic E-state index is -0.288. The lowest BCUT2D eigenvalue weighted by atomic mass is 10.1. The average molecular weight is 469 g/mol. The first-order valence-electron chi connectivity index (χ1n) is 9.30. The second kappa shape index (κ2) is 7.17. The number of carbonyl (C=O) groups excluding carboxylic acids is 1. The molecule has 5 rings (SSSR count). The lowest BCUT2D eigenvalue weighted by Crippen LogP contribution is -2.17. The molecule has 1 N–H and O–H groups in total. The lowest BCUT2D eigenvalue weighted by molar-refractivity contribution is 0.102. The van der Waals surface area contributed by atoms with E-state index in [1.54, 1.807) is 48.3 Å². The Bertz CT molecular complexity index is 1280. The fourth-order valence-corrected chi connectivity index (χ4v) is 3.95. The summed E-state index contributed by atoms with van der Waals surface area (Å²) in [6.07, 6.45) is 1.57. The number of hydrogen-bond acceptors (Lipinski definition) is 6. The lowest BCUT2D eigenvalue weighted by Gasteiger charge is -2.20. The topological polar surface area (TPSA) is 91.4 Å². The maximum absolute atomic E-state index is 13.3. The summed E-state index contributed by atoms with van der Waals surface area (Å²) in [4.78, 5) is 18.0. The van der Waals surface area contributed by atoms with Gasteiger partial charge in [0.05, 0.1) is 28.6 Å². The van der Waals surface area contributed by atoms with Crippen LogP contribution in [-0.2, 0) is 7.05 Å². The van der Waals surface area contributed by atoms with Gasteiger partial charge in [-0.25, -0.2) is 4.98 Å². The number of carbonyl (C=O) groups is 1. The summed E-state index contributed by atoms with van der Waals surface area (Å²) in [5.74, 6) is 1.52. The van der Waals surface area contributed by atoms with Gasteiger partial charge in [-0.05, 0) is 41.1 Å². The molecule has 30 heavy (non-hydrogen) atoms. The molecule has 0 fully saturated rings. The highest BCUT2D eigenvalue weighted by molar-refractivity contribution is 9.10. The maximum atomic E-state index is 13.3. The third-order valence-corrected chi connectivity index (χ3v) is 5.52. The highest BCUT2D eigenvalue weighted by atomic mass is 79.9. The number of ether oxygens (including phenoxy) is 2. The van der Waals surface area contributed by atoms with Gasteiger partial charge in [0.15, 0.2) is 22.9 Å². The summed E-state index contributed by atoms with van der Waals surface area (Å²) >= 11 is 3.50. The molecule has 1 aliphatic heterocycles. The first-order chi connectivity index (χ1) is 14.5. The standard InChI is InChI=1S/C21H17BrN4O4/c1-11-19-12(8-15(16-4-3-5-28-16)23-20(19)26(2)25-11)21(27)24-14-10-18-17(9-13(14)22)29-6-7-30-18/h3-5,8-10H,6-7H2,1-2H3,(H,24,27). The number of aromatic nitrogens is 3. The van der Waals surface area contributed by atoms with E-state index >= 15 is 0 Å². The maximum Gasteiger partial charge on any atom is 0.256 e. The third-order valence-electron chi connectivity index (χ3n) is 4.87. The van der Waals surface area contributed by atoms with Crippen LogP contribution in [0.1, 0.15) is 16.1 Å². The van der Waals surface area contributed by atoms with Gasteiger partial charge in [-0.1, -0.05) is 0 Å². The molecule has 0 radical (unpaired) electrons. The minimum absolute atomic E-state index is 0.288. The van der Waals surface area contributed by atoms with Crippen molar-refractivity contribution in [1.82, 2.24) is 14.8 Å². The molecule has 4 aromatic rings. The highest BCUT2D eigenvalue weighted by Gasteiger charge is 2.22. The van der Waals surface area contributed by atoms with Gasteiger partial charge in [0.2, 0.25) is 0 Å². The number of hydrogen-bond donors (Lipinski definition) is 1. The van der Waals surface area contributed by atoms with Crippen LogP contribution in [0.25, 0.3) is 22.5 Å². The number of furan rings is 1. The molecule has 4 heterocycles. The molecule has 1 amide bonds. The number of rotatable bonds is 3. The summed E-state index contributed by atoms with van der Waals surface area (Å²) in [5.41, 5.74) is 2.92. The molecule has 9 heteroatoms. The van der Waals surface area contributed by atoms with E-state index in [4.69, 9.17) is 13.9 Å². The Labute approximate surface area is 179 Å². The molecule has 1 aliphatic rings. The van der Waals surface area contributed by atoms with Crippen LogP contribution >= 0.6 is 15.9 Å². The largest absolute Gasteiger partial charge is 0.486 e. The zero-order chi connectivity index (χ0) is 20.8. The highest BCUT2D eigenvalue weighted by Crippen LogP contribution is 2.38. The van der Waals surface area contributed by atoms with Crippen molar-refractivity contribution in [2.75, 3.05) is 18.5 Å². The van der Waals surface area contributed by atoms with E-state index in [1.165, 1.54) is 0 Å². The van der Waals surface area contributed by atoms with Crippen LogP contribution in [0.3, 0.4) is 0 Å². The van der Waals surface area contributed by atoms with Crippen molar-refractivity contribution in [3.05, 3.63) is 52.3 Å². The first kappa shape index (κ1) is 18.7. The summed E-state index contributed by atoms with van der Waals surface area (Å²) in [7, 11) is 1.80. The van der Waals surface area contributed by atoms with E-state index in [0.717, 1.165) is 5.69 Å². The molecule has 0 saturated carbocycles. The molecule has 0 saturated heterocycles. The minimum Gasteiger partial charge on any atom is -0.486 e. The molecule has 152 valence electrons. The van der Waals surface area contributed by atoms with Gasteiger partial charge in [-0.2, -0.15) is 5.10 Å². The van der Waals surface area contributed by atoms with Gasteiger partial charge >= 0.3 is 0 Å². The number of pyridine rings is 1. The third kappa shape index (κ3) is 3.11. The molecule has 0 aliphatic carbocycles. The molecule has 1 aromatic carbocycles. The summed E-state index contributed by atoms with van der Waals surface area (Å²) in [5, 5.41) is 8.09. The predicted molar refractivity (Wildman–Crippen MR) is 114 cm³/mol. The number of amides is 1. The van der Waals surface area contributed by atoms with E-state index in [2.05, 4.69) is 31.3 Å². The molecule has 0 spiro atoms. The van der Waals surface area contributed by atoms with Crippen molar-refractivity contribution in [2.24, 2.45) is 7.05 Å². The molecular weight excluding hydrogens is 452 g/mol. The van der Waals surface area contributed by atoms with Gasteiger partial charge in [0, 0.05) is 23.7 Å². The van der Waals surface area contributed by atoms with Crippen LogP contribution in [0.4, 0.5) is 5.69 Å². The van der Waals surface area contributed by atoms with Crippen LogP contribution in [0.15, 0.2) is 45.5 Å². The number of anilines is 1. The normalized spacial score (nSPS) is 12.9. The Morgan fingerprint density at radius 2 is 1.97 bits per heavy atom. The molecule has 3 aromatic heterocycles. The Balaban J connectivity index is 1.60. The van der Waals surface area contributed by atoms with Crippen molar-refractivity contribution >= 4 is 38.6 Å². The number of fused-ring (bicyclic) bond motifs is 2. The fourth-order valence-electron chi connectivity index (χ4n) is 3.52. The smallest absolute Gasteiger partial charge is 0.256 e. The van der Waals surface area contributed by atoms with Crippen LogP contribution < -0.4 is 14.8 Å². The number of nitrogens with one attached hydrogen (secondary N) is 1. The van der Waals surface area contributed by atoms with Gasteiger partial charge in [-0.15, -0.1) is 0 Å². The molecule has 0 atom stereocenters. The Morgan fingerprint density at radius 1 is 1.20 bits per heavy atom. The van der Waals surface area contributed by atoms with E-state index in [-0.39, 0.29) is 5.91 Å². The van der Waals surface area contributed by atoms with E-state index < -0.39 is 0 Å². The Kier molecular flexibility index (Phi) is 4.47. The SMILES string of the molecule is Cc1nn(C)c2nc(-c3ccco3)cc(C(=O)Nc3cc4c(cc3Br)OCCO4)c12. The number of halogens is 1. The first-order valence-corrected chi connectivity index (χ1v) is 10.1. The number of benzene rings is 1. The van der Waals surface area contributed by atoms with Gasteiger partial charge in [0.1, 0.15) is 18.9 Å². The molecule has 0 bridgehead atoms. The second-order valence-electron chi connectivity index (χ2n) is 6.87. The molecule has 0 unspecified atom stereocenters. The van der Waals surface area contributed by atoms with Gasteiger partial charge in [-0.3, -0.25) is 9.48 Å². The van der Waals surface area contributed by atoms with Gasteiger partial charge in [0.25, 0.3) is 5.91 Å². The van der Waals surface area contributed by atoms with Crippen molar-refractivity contribution in [3.63, 3.8) is 0 Å². The van der Waals surface area contributed by atoms with Crippen molar-refractivity contribution in [2.45, 2.75) is 6.92 Å². The quantitative estimate of drug-likeness (QED) is 0.481. The molecule has 8 nitrogen and oxygen atoms in total. The second-order valence-corrected chi connectivity index (χ2v) is 7.72. The Hall–Kier alpha value is -3.33. The zero-order valence-electron chi connectivity index (χ0n) is 16.2. The fraction of sp³-hybridized carbons (Fsp3) is 0.190.